The minimum absolute atomic E-state index is 0.141. The normalized spacial score (nSPS) is 12.9. The maximum atomic E-state index is 11.7. The maximum absolute atomic E-state index is 11.7. The summed E-state index contributed by atoms with van der Waals surface area (Å²) in [5, 5.41) is 0. The van der Waals surface area contributed by atoms with E-state index in [4.69, 9.17) is 1.37 Å². The Hall–Kier alpha value is -1.13. The molecule has 0 N–H and O–H groups in total. The zero-order valence-corrected chi connectivity index (χ0v) is 4.68. The summed E-state index contributed by atoms with van der Waals surface area (Å²) >= 11 is 0. The van der Waals surface area contributed by atoms with Crippen LogP contribution in [0.4, 0.5) is 13.2 Å². The molecule has 0 bridgehead atoms. The van der Waals surface area contributed by atoms with Gasteiger partial charge in [-0.1, -0.05) is 0 Å². The summed E-state index contributed by atoms with van der Waals surface area (Å²) in [6.45, 7) is 0. The number of alkyl halides is 3. The Bertz CT molecular complexity index is 243. The Morgan fingerprint density at radius 3 is 2.20 bits per heavy atom. The first-order chi connectivity index (χ1) is 5.00. The summed E-state index contributed by atoms with van der Waals surface area (Å²) in [4.78, 5) is 5.85. The van der Waals surface area contributed by atoms with Crippen LogP contribution >= 0.6 is 0 Å². The van der Waals surface area contributed by atoms with Crippen molar-refractivity contribution in [3.63, 3.8) is 0 Å². The second kappa shape index (κ2) is 2.24. The van der Waals surface area contributed by atoms with Crippen molar-refractivity contribution in [2.24, 2.45) is 0 Å². The van der Waals surface area contributed by atoms with Crippen molar-refractivity contribution in [2.75, 3.05) is 0 Å². The van der Waals surface area contributed by atoms with Gasteiger partial charge in [-0.3, -0.25) is 0 Å². The highest BCUT2D eigenvalue weighted by molar-refractivity contribution is 4.92. The van der Waals surface area contributed by atoms with Crippen molar-refractivity contribution in [3.05, 3.63) is 24.3 Å². The summed E-state index contributed by atoms with van der Waals surface area (Å²) in [7, 11) is 0. The van der Waals surface area contributed by atoms with E-state index in [1.54, 1.807) is 0 Å². The fourth-order valence-electron chi connectivity index (χ4n) is 0.410. The molecule has 0 saturated carbocycles. The predicted octanol–water partition coefficient (Wildman–Crippen LogP) is 1.50. The van der Waals surface area contributed by atoms with Crippen molar-refractivity contribution in [1.82, 2.24) is 9.97 Å². The highest BCUT2D eigenvalue weighted by atomic mass is 19.4. The van der Waals surface area contributed by atoms with E-state index in [0.717, 1.165) is 12.4 Å². The van der Waals surface area contributed by atoms with Crippen molar-refractivity contribution in [1.29, 1.82) is 0 Å². The fraction of sp³-hybridized carbons (Fsp3) is 0.200. The number of halogens is 3. The molecule has 1 aromatic heterocycles. The molecular weight excluding hydrogens is 145 g/mol. The van der Waals surface area contributed by atoms with Crippen molar-refractivity contribution in [2.45, 2.75) is 6.18 Å². The molecule has 0 aromatic carbocycles. The van der Waals surface area contributed by atoms with E-state index in [2.05, 4.69) is 9.97 Å². The SMILES string of the molecule is [3H]c1cnc(C(F)(F)F)nc1. The molecule has 0 radical (unpaired) electrons. The van der Waals surface area contributed by atoms with Crippen molar-refractivity contribution < 1.29 is 14.5 Å². The smallest absolute Gasteiger partial charge is 0.233 e. The molecule has 0 aliphatic heterocycles. The first-order valence-corrected chi connectivity index (χ1v) is 2.36. The van der Waals surface area contributed by atoms with Gasteiger partial charge in [0, 0.05) is 12.4 Å². The van der Waals surface area contributed by atoms with Crippen molar-refractivity contribution in [3.8, 4) is 0 Å². The molecule has 2 nitrogen and oxygen atoms in total. The lowest BCUT2D eigenvalue weighted by atomic mass is 10.5. The first-order valence-electron chi connectivity index (χ1n) is 2.86. The molecule has 0 atom stereocenters. The minimum Gasteiger partial charge on any atom is -0.233 e. The third-order valence-corrected chi connectivity index (χ3v) is 0.776. The predicted molar refractivity (Wildman–Crippen MR) is 27.0 cm³/mol. The largest absolute Gasteiger partial charge is 0.451 e. The van der Waals surface area contributed by atoms with Gasteiger partial charge in [0.15, 0.2) is 0 Å². The standard InChI is InChI=1S/C5H3F3N2/c6-5(7,8)4-9-2-1-3-10-4/h1-3H/i1T. The molecule has 54 valence electrons. The summed E-state index contributed by atoms with van der Waals surface area (Å²) in [6, 6.07) is -0.141. The van der Waals surface area contributed by atoms with Gasteiger partial charge in [-0.15, -0.1) is 0 Å². The lowest BCUT2D eigenvalue weighted by molar-refractivity contribution is -0.145. The average molecular weight is 150 g/mol. The molecule has 1 aromatic rings. The van der Waals surface area contributed by atoms with Gasteiger partial charge in [-0.05, 0) is 6.04 Å². The number of nitrogens with zero attached hydrogens (tertiary/aromatic N) is 2. The first kappa shape index (κ1) is 5.64. The molecule has 10 heavy (non-hydrogen) atoms. The topological polar surface area (TPSA) is 25.8 Å². The Morgan fingerprint density at radius 1 is 1.30 bits per heavy atom. The Morgan fingerprint density at radius 2 is 1.80 bits per heavy atom. The summed E-state index contributed by atoms with van der Waals surface area (Å²) in [6.07, 6.45) is -2.92. The Labute approximate surface area is 56.1 Å². The molecule has 0 spiro atoms. The van der Waals surface area contributed by atoms with Crippen LogP contribution in [-0.4, -0.2) is 9.97 Å². The molecule has 0 amide bonds. The van der Waals surface area contributed by atoms with Crippen molar-refractivity contribution >= 4 is 0 Å². The maximum Gasteiger partial charge on any atom is 0.451 e. The highest BCUT2D eigenvalue weighted by Gasteiger charge is 2.33. The number of hydrogen-bond acceptors (Lipinski definition) is 2. The molecule has 0 aliphatic rings. The van der Waals surface area contributed by atoms with Gasteiger partial charge >= 0.3 is 6.18 Å². The highest BCUT2D eigenvalue weighted by Crippen LogP contribution is 2.24. The molecule has 0 saturated heterocycles. The van der Waals surface area contributed by atoms with E-state index in [1.165, 1.54) is 0 Å². The Kier molecular flexibility index (Phi) is 1.26. The third kappa shape index (κ3) is 1.43. The monoisotopic (exact) mass is 150 g/mol. The van der Waals surface area contributed by atoms with E-state index in [-0.39, 0.29) is 6.04 Å². The summed E-state index contributed by atoms with van der Waals surface area (Å²) < 4.78 is 42.0. The van der Waals surface area contributed by atoms with Crippen LogP contribution in [0.3, 0.4) is 0 Å². The molecule has 1 rings (SSSR count). The van der Waals surface area contributed by atoms with Gasteiger partial charge in [-0.2, -0.15) is 13.2 Å². The van der Waals surface area contributed by atoms with Gasteiger partial charge in [0.05, 0.1) is 1.37 Å². The van der Waals surface area contributed by atoms with E-state index < -0.39 is 12.0 Å². The number of rotatable bonds is 0. The molecule has 5 heteroatoms. The van der Waals surface area contributed by atoms with Crippen LogP contribution in [0, 0.1) is 0 Å². The molecule has 1 heterocycles. The average Bonchev–Trinajstić information content (AvgIpc) is 1.86. The van der Waals surface area contributed by atoms with E-state index >= 15 is 0 Å². The molecular formula is C5H3F3N2. The van der Waals surface area contributed by atoms with E-state index in [1.807, 2.05) is 0 Å². The van der Waals surface area contributed by atoms with Crippen LogP contribution in [0.5, 0.6) is 0 Å². The second-order valence-electron chi connectivity index (χ2n) is 1.50. The van der Waals surface area contributed by atoms with Crippen LogP contribution in [-0.2, 0) is 6.18 Å². The lowest BCUT2D eigenvalue weighted by Crippen LogP contribution is -2.09. The summed E-state index contributed by atoms with van der Waals surface area (Å²) in [5.41, 5.74) is 0. The lowest BCUT2D eigenvalue weighted by Gasteiger charge is -2.01. The zero-order valence-electron chi connectivity index (χ0n) is 5.68. The summed E-state index contributed by atoms with van der Waals surface area (Å²) in [5.74, 6) is -1.21. The van der Waals surface area contributed by atoms with Crippen LogP contribution in [0.25, 0.3) is 0 Å². The number of hydrogen-bond donors (Lipinski definition) is 0. The Balaban J connectivity index is 2.99. The molecule has 0 aliphatic carbocycles. The zero-order chi connectivity index (χ0) is 8.48. The minimum atomic E-state index is -4.52. The quantitative estimate of drug-likeness (QED) is 0.560. The van der Waals surface area contributed by atoms with Gasteiger partial charge < -0.3 is 0 Å². The van der Waals surface area contributed by atoms with Gasteiger partial charge in [0.2, 0.25) is 5.82 Å². The van der Waals surface area contributed by atoms with Gasteiger partial charge in [0.25, 0.3) is 0 Å². The van der Waals surface area contributed by atoms with E-state index in [0.29, 0.717) is 0 Å². The fourth-order valence-corrected chi connectivity index (χ4v) is 0.410. The van der Waals surface area contributed by atoms with Gasteiger partial charge in [-0.25, -0.2) is 9.97 Å². The van der Waals surface area contributed by atoms with E-state index in [9.17, 15) is 13.2 Å². The number of aromatic nitrogens is 2. The molecule has 0 unspecified atom stereocenters. The van der Waals surface area contributed by atoms with Crippen LogP contribution in [0.2, 0.25) is 0 Å². The second-order valence-corrected chi connectivity index (χ2v) is 1.50. The molecule has 0 fully saturated rings. The van der Waals surface area contributed by atoms with Gasteiger partial charge in [0.1, 0.15) is 0 Å². The third-order valence-electron chi connectivity index (χ3n) is 0.776. The van der Waals surface area contributed by atoms with Crippen LogP contribution in [0.15, 0.2) is 18.4 Å². The van der Waals surface area contributed by atoms with Crippen LogP contribution < -0.4 is 0 Å². The van der Waals surface area contributed by atoms with Crippen LogP contribution in [0.1, 0.15) is 7.20 Å².